The van der Waals surface area contributed by atoms with Crippen molar-refractivity contribution in [3.63, 3.8) is 0 Å². The number of rotatable bonds is 14. The SMILES string of the molecule is C[C@H](NC(=O)Cc1cccc(CC(=O)N[C@@H](C)C(=O)N/N=C/c2cccc([N+](=O)[O-])c2)c1)C(=O)N/N=C/c1cccc([N+](=O)[O-])c1. The zero-order valence-electron chi connectivity index (χ0n) is 24.7. The average molecular weight is 631 g/mol. The largest absolute Gasteiger partial charge is 0.344 e. The third-order valence-corrected chi connectivity index (χ3v) is 6.20. The number of non-ortho nitro benzene ring substituents is 2. The molecule has 2 atom stereocenters. The van der Waals surface area contributed by atoms with Crippen molar-refractivity contribution < 1.29 is 29.0 Å². The average Bonchev–Trinajstić information content (AvgIpc) is 3.01. The molecule has 46 heavy (non-hydrogen) atoms. The van der Waals surface area contributed by atoms with Crippen molar-refractivity contribution >= 4 is 47.4 Å². The molecule has 0 radical (unpaired) electrons. The van der Waals surface area contributed by atoms with Crippen LogP contribution in [0.4, 0.5) is 11.4 Å². The number of hydrogen-bond acceptors (Lipinski definition) is 10. The highest BCUT2D eigenvalue weighted by Crippen LogP contribution is 2.12. The summed E-state index contributed by atoms with van der Waals surface area (Å²) in [7, 11) is 0. The van der Waals surface area contributed by atoms with Crippen LogP contribution >= 0.6 is 0 Å². The second kappa shape index (κ2) is 16.5. The molecule has 0 heterocycles. The second-order valence-corrected chi connectivity index (χ2v) is 9.92. The first kappa shape index (κ1) is 34.2. The molecule has 16 nitrogen and oxygen atoms in total. The third-order valence-electron chi connectivity index (χ3n) is 6.20. The summed E-state index contributed by atoms with van der Waals surface area (Å²) >= 11 is 0. The van der Waals surface area contributed by atoms with Gasteiger partial charge in [-0.25, -0.2) is 10.9 Å². The highest BCUT2D eigenvalue weighted by atomic mass is 16.6. The molecule has 238 valence electrons. The van der Waals surface area contributed by atoms with Gasteiger partial charge in [-0.05, 0) is 25.0 Å². The van der Waals surface area contributed by atoms with E-state index in [1.165, 1.54) is 62.7 Å². The van der Waals surface area contributed by atoms with E-state index in [1.807, 2.05) is 0 Å². The molecule has 0 unspecified atom stereocenters. The lowest BCUT2D eigenvalue weighted by Gasteiger charge is -2.13. The van der Waals surface area contributed by atoms with Gasteiger partial charge in [0.1, 0.15) is 12.1 Å². The van der Waals surface area contributed by atoms with Crippen molar-refractivity contribution in [2.24, 2.45) is 10.2 Å². The Labute approximate surface area is 262 Å². The minimum atomic E-state index is -0.938. The van der Waals surface area contributed by atoms with Crippen LogP contribution in [-0.2, 0) is 32.0 Å². The number of hydrazone groups is 2. The number of carbonyl (C=O) groups excluding carboxylic acids is 4. The fraction of sp³-hybridized carbons (Fsp3) is 0.200. The van der Waals surface area contributed by atoms with E-state index in [9.17, 15) is 39.4 Å². The molecule has 3 rings (SSSR count). The van der Waals surface area contributed by atoms with E-state index in [-0.39, 0.29) is 24.2 Å². The molecule has 0 aliphatic carbocycles. The molecule has 3 aromatic carbocycles. The molecular weight excluding hydrogens is 600 g/mol. The number of amides is 4. The molecule has 16 heteroatoms. The number of benzene rings is 3. The van der Waals surface area contributed by atoms with Gasteiger partial charge in [0.05, 0.1) is 35.1 Å². The normalized spacial score (nSPS) is 12.2. The maximum Gasteiger partial charge on any atom is 0.270 e. The quantitative estimate of drug-likeness (QED) is 0.117. The molecule has 0 bridgehead atoms. The molecular formula is C30H30N8O8. The van der Waals surface area contributed by atoms with E-state index in [2.05, 4.69) is 31.7 Å². The molecule has 4 N–H and O–H groups in total. The summed E-state index contributed by atoms with van der Waals surface area (Å²) in [6, 6.07) is 16.2. The fourth-order valence-electron chi connectivity index (χ4n) is 3.91. The highest BCUT2D eigenvalue weighted by molar-refractivity contribution is 5.90. The van der Waals surface area contributed by atoms with Crippen molar-refractivity contribution in [3.8, 4) is 0 Å². The van der Waals surface area contributed by atoms with E-state index in [0.717, 1.165) is 0 Å². The summed E-state index contributed by atoms with van der Waals surface area (Å²) in [6.45, 7) is 2.93. The van der Waals surface area contributed by atoms with Crippen molar-refractivity contribution in [3.05, 3.63) is 115 Å². The Balaban J connectivity index is 1.44. The van der Waals surface area contributed by atoms with Crippen LogP contribution in [0.5, 0.6) is 0 Å². The van der Waals surface area contributed by atoms with E-state index < -0.39 is 45.6 Å². The topological polar surface area (TPSA) is 227 Å². The lowest BCUT2D eigenvalue weighted by Crippen LogP contribution is -2.44. The number of carbonyl (C=O) groups is 4. The van der Waals surface area contributed by atoms with Gasteiger partial charge in [0, 0.05) is 35.4 Å². The van der Waals surface area contributed by atoms with Crippen molar-refractivity contribution in [1.82, 2.24) is 21.5 Å². The molecule has 0 saturated heterocycles. The monoisotopic (exact) mass is 630 g/mol. The number of nitro benzene ring substituents is 2. The minimum Gasteiger partial charge on any atom is -0.344 e. The Morgan fingerprint density at radius 3 is 1.46 bits per heavy atom. The Morgan fingerprint density at radius 1 is 0.674 bits per heavy atom. The Morgan fingerprint density at radius 2 is 1.07 bits per heavy atom. The van der Waals surface area contributed by atoms with Crippen LogP contribution in [-0.4, -0.2) is 58.0 Å². The summed E-state index contributed by atoms with van der Waals surface area (Å²) < 4.78 is 0. The zero-order valence-corrected chi connectivity index (χ0v) is 24.7. The van der Waals surface area contributed by atoms with Crippen LogP contribution < -0.4 is 21.5 Å². The molecule has 4 amide bonds. The fourth-order valence-corrected chi connectivity index (χ4v) is 3.91. The van der Waals surface area contributed by atoms with E-state index in [0.29, 0.717) is 22.3 Å². The van der Waals surface area contributed by atoms with E-state index >= 15 is 0 Å². The summed E-state index contributed by atoms with van der Waals surface area (Å²) in [5.74, 6) is -2.12. The van der Waals surface area contributed by atoms with Crippen LogP contribution in [0.2, 0.25) is 0 Å². The van der Waals surface area contributed by atoms with Gasteiger partial charge in [0.25, 0.3) is 23.2 Å². The predicted molar refractivity (Wildman–Crippen MR) is 167 cm³/mol. The van der Waals surface area contributed by atoms with Crippen molar-refractivity contribution in [2.45, 2.75) is 38.8 Å². The maximum absolute atomic E-state index is 12.5. The third kappa shape index (κ3) is 11.1. The standard InChI is InChI=1S/C30H30N8O8/c1-19(29(41)35-31-17-23-8-4-10-25(13-23)37(43)44)33-27(39)15-21-6-3-7-22(12-21)16-28(40)34-20(2)30(42)36-32-18-24-9-5-11-26(14-24)38(45)46/h3-14,17-20H,15-16H2,1-2H3,(H,33,39)(H,34,40)(H,35,41)(H,36,42)/b31-17+,32-18+/t19-,20-/m0/s1. The van der Waals surface area contributed by atoms with Crippen molar-refractivity contribution in [2.75, 3.05) is 0 Å². The van der Waals surface area contributed by atoms with Gasteiger partial charge in [0.15, 0.2) is 0 Å². The Hall–Kier alpha value is -6.32. The van der Waals surface area contributed by atoms with Gasteiger partial charge >= 0.3 is 0 Å². The first-order chi connectivity index (χ1) is 21.9. The number of nitrogens with zero attached hydrogens (tertiary/aromatic N) is 4. The first-order valence-electron chi connectivity index (χ1n) is 13.7. The number of nitrogens with one attached hydrogen (secondary N) is 4. The Kier molecular flexibility index (Phi) is 12.3. The van der Waals surface area contributed by atoms with Crippen LogP contribution in [0.25, 0.3) is 0 Å². The van der Waals surface area contributed by atoms with Gasteiger partial charge in [0.2, 0.25) is 11.8 Å². The second-order valence-electron chi connectivity index (χ2n) is 9.92. The number of nitro groups is 2. The minimum absolute atomic E-state index is 0.0780. The smallest absolute Gasteiger partial charge is 0.270 e. The van der Waals surface area contributed by atoms with Crippen LogP contribution in [0.3, 0.4) is 0 Å². The molecule has 0 aromatic heterocycles. The summed E-state index contributed by atoms with van der Waals surface area (Å²) in [4.78, 5) is 70.4. The summed E-state index contributed by atoms with van der Waals surface area (Å²) in [6.07, 6.45) is 2.33. The highest BCUT2D eigenvalue weighted by Gasteiger charge is 2.17. The van der Waals surface area contributed by atoms with E-state index in [1.54, 1.807) is 36.4 Å². The first-order valence-corrected chi connectivity index (χ1v) is 13.7. The van der Waals surface area contributed by atoms with Gasteiger partial charge in [-0.2, -0.15) is 10.2 Å². The van der Waals surface area contributed by atoms with E-state index in [4.69, 9.17) is 0 Å². The van der Waals surface area contributed by atoms with Crippen LogP contribution in [0.15, 0.2) is 83.0 Å². The predicted octanol–water partition coefficient (Wildman–Crippen LogP) is 1.90. The van der Waals surface area contributed by atoms with Gasteiger partial charge < -0.3 is 10.6 Å². The number of hydrogen-bond donors (Lipinski definition) is 4. The molecule has 0 fully saturated rings. The molecule has 0 aliphatic heterocycles. The summed E-state index contributed by atoms with van der Waals surface area (Å²) in [5.41, 5.74) is 6.27. The maximum atomic E-state index is 12.5. The summed E-state index contributed by atoms with van der Waals surface area (Å²) in [5, 5.41) is 34.4. The lowest BCUT2D eigenvalue weighted by atomic mass is 10.0. The lowest BCUT2D eigenvalue weighted by molar-refractivity contribution is -0.385. The van der Waals surface area contributed by atoms with Gasteiger partial charge in [-0.3, -0.25) is 39.4 Å². The van der Waals surface area contributed by atoms with Gasteiger partial charge in [-0.15, -0.1) is 0 Å². The molecule has 0 aliphatic rings. The van der Waals surface area contributed by atoms with Crippen molar-refractivity contribution in [1.29, 1.82) is 0 Å². The molecule has 3 aromatic rings. The van der Waals surface area contributed by atoms with Crippen LogP contribution in [0.1, 0.15) is 36.1 Å². The Bertz CT molecular complexity index is 1570. The zero-order chi connectivity index (χ0) is 33.6. The van der Waals surface area contributed by atoms with Gasteiger partial charge in [-0.1, -0.05) is 48.5 Å². The molecule has 0 saturated carbocycles. The molecule has 0 spiro atoms. The van der Waals surface area contributed by atoms with Crippen LogP contribution in [0, 0.1) is 20.2 Å².